The molecule has 0 saturated heterocycles. The van der Waals surface area contributed by atoms with Gasteiger partial charge in [0.15, 0.2) is 0 Å². The van der Waals surface area contributed by atoms with Crippen LogP contribution in [0.15, 0.2) is 95.7 Å². The number of allylic oxidation sites excluding steroid dienone is 2. The Kier molecular flexibility index (Phi) is 9.22. The Bertz CT molecular complexity index is 1590. The quantitative estimate of drug-likeness (QED) is 0.173. The van der Waals surface area contributed by atoms with Crippen molar-refractivity contribution in [3.63, 3.8) is 0 Å². The monoisotopic (exact) mass is 552 g/mol. The van der Waals surface area contributed by atoms with E-state index in [2.05, 4.69) is 21.8 Å². The Balaban J connectivity index is 1.46. The average molecular weight is 553 g/mol. The molecule has 2 atom stereocenters. The molecule has 10 nitrogen and oxygen atoms in total. The van der Waals surface area contributed by atoms with Crippen LogP contribution in [-0.4, -0.2) is 45.8 Å². The molecule has 0 fully saturated rings. The van der Waals surface area contributed by atoms with Crippen LogP contribution in [0.4, 0.5) is 5.69 Å². The van der Waals surface area contributed by atoms with Gasteiger partial charge < -0.3 is 14.0 Å². The lowest BCUT2D eigenvalue weighted by Gasteiger charge is -2.31. The van der Waals surface area contributed by atoms with Gasteiger partial charge in [0.1, 0.15) is 12.5 Å². The summed E-state index contributed by atoms with van der Waals surface area (Å²) in [5.41, 5.74) is 3.16. The molecular formula is C31H28N4O6. The molecule has 10 heteroatoms. The lowest BCUT2D eigenvalue weighted by Crippen LogP contribution is -2.36. The zero-order valence-electron chi connectivity index (χ0n) is 22.8. The molecule has 0 radical (unpaired) electrons. The molecule has 0 bridgehead atoms. The number of carbonyl (C=O) groups excluding carboxylic acids is 2. The van der Waals surface area contributed by atoms with E-state index in [4.69, 9.17) is 9.47 Å². The highest BCUT2D eigenvalue weighted by Gasteiger charge is 2.42. The van der Waals surface area contributed by atoms with Crippen LogP contribution in [0.25, 0.3) is 0 Å². The van der Waals surface area contributed by atoms with Gasteiger partial charge in [0.2, 0.25) is 0 Å². The second-order valence-corrected chi connectivity index (χ2v) is 9.28. The summed E-state index contributed by atoms with van der Waals surface area (Å²) in [4.78, 5) is 45.3. The Morgan fingerprint density at radius 1 is 1.17 bits per heavy atom. The van der Waals surface area contributed by atoms with Crippen LogP contribution < -0.4 is 0 Å². The van der Waals surface area contributed by atoms with Crippen LogP contribution in [0.2, 0.25) is 0 Å². The van der Waals surface area contributed by atoms with Gasteiger partial charge in [0.05, 0.1) is 23.9 Å². The summed E-state index contributed by atoms with van der Waals surface area (Å²) in [5.74, 6) is 2.85. The first-order valence-electron chi connectivity index (χ1n) is 12.7. The molecule has 0 saturated carbocycles. The topological polar surface area (TPSA) is 126 Å². The first-order valence-corrected chi connectivity index (χ1v) is 12.7. The smallest absolute Gasteiger partial charge is 0.336 e. The van der Waals surface area contributed by atoms with E-state index in [0.29, 0.717) is 17.0 Å². The Hall–Kier alpha value is -5.30. The molecule has 3 aromatic rings. The highest BCUT2D eigenvalue weighted by molar-refractivity contribution is 6.07. The van der Waals surface area contributed by atoms with Crippen LogP contribution in [0.3, 0.4) is 0 Å². The van der Waals surface area contributed by atoms with Gasteiger partial charge in [-0.2, -0.15) is 0 Å². The number of aliphatic imine (C=N–C) groups is 1. The lowest BCUT2D eigenvalue weighted by molar-refractivity contribution is -0.384. The largest absolute Gasteiger partial charge is 0.468 e. The van der Waals surface area contributed by atoms with Gasteiger partial charge in [-0.3, -0.25) is 19.9 Å². The summed E-state index contributed by atoms with van der Waals surface area (Å²) >= 11 is 0. The van der Waals surface area contributed by atoms with Gasteiger partial charge in [-0.15, -0.1) is 0 Å². The fourth-order valence-electron chi connectivity index (χ4n) is 4.64. The SMILES string of the molecule is COC(=O)C1C(C)=NC(C)=C(C(=O)OCC=CC#Cc2ccc(Cn3ccnc3)cc2)C1c1cccc([N+](=O)[O-])c1. The normalized spacial score (nSPS) is 16.5. The van der Waals surface area contributed by atoms with Crippen LogP contribution in [0.1, 0.15) is 36.5 Å². The summed E-state index contributed by atoms with van der Waals surface area (Å²) in [5, 5.41) is 11.4. The molecule has 0 N–H and O–H groups in total. The first-order chi connectivity index (χ1) is 19.8. The highest BCUT2D eigenvalue weighted by atomic mass is 16.6. The number of non-ortho nitro benzene ring substituents is 1. The number of methoxy groups -OCH3 is 1. The maximum absolute atomic E-state index is 13.3. The van der Waals surface area contributed by atoms with E-state index < -0.39 is 28.7 Å². The number of nitro benzene ring substituents is 1. The molecule has 1 aliphatic heterocycles. The van der Waals surface area contributed by atoms with Crippen molar-refractivity contribution >= 4 is 23.3 Å². The number of esters is 2. The number of nitro groups is 1. The van der Waals surface area contributed by atoms with Gasteiger partial charge in [0.25, 0.3) is 5.69 Å². The van der Waals surface area contributed by atoms with Gasteiger partial charge in [-0.25, -0.2) is 9.78 Å². The Morgan fingerprint density at radius 2 is 1.95 bits per heavy atom. The second kappa shape index (κ2) is 13.2. The first kappa shape index (κ1) is 28.7. The number of imidazole rings is 1. The van der Waals surface area contributed by atoms with Gasteiger partial charge in [0, 0.05) is 54.0 Å². The van der Waals surface area contributed by atoms with Crippen molar-refractivity contribution in [3.8, 4) is 11.8 Å². The van der Waals surface area contributed by atoms with E-state index in [0.717, 1.165) is 17.7 Å². The van der Waals surface area contributed by atoms with Crippen molar-refractivity contribution in [2.75, 3.05) is 13.7 Å². The van der Waals surface area contributed by atoms with Crippen molar-refractivity contribution < 1.29 is 24.0 Å². The number of rotatable bonds is 8. The summed E-state index contributed by atoms with van der Waals surface area (Å²) in [6.45, 7) is 3.95. The molecular weight excluding hydrogens is 524 g/mol. The third kappa shape index (κ3) is 7.02. The fourth-order valence-corrected chi connectivity index (χ4v) is 4.64. The van der Waals surface area contributed by atoms with E-state index in [1.54, 1.807) is 44.6 Å². The number of hydrogen-bond donors (Lipinski definition) is 0. The summed E-state index contributed by atoms with van der Waals surface area (Å²) in [6, 6.07) is 13.7. The van der Waals surface area contributed by atoms with Crippen molar-refractivity contribution in [2.45, 2.75) is 26.3 Å². The molecule has 1 aliphatic rings. The fraction of sp³-hybridized carbons (Fsp3) is 0.226. The molecule has 208 valence electrons. The minimum Gasteiger partial charge on any atom is -0.468 e. The average Bonchev–Trinajstić information content (AvgIpc) is 3.48. The number of ether oxygens (including phenoxy) is 2. The number of carbonyl (C=O) groups is 2. The molecule has 41 heavy (non-hydrogen) atoms. The predicted molar refractivity (Wildman–Crippen MR) is 152 cm³/mol. The van der Waals surface area contributed by atoms with Crippen LogP contribution in [0, 0.1) is 27.9 Å². The molecule has 1 aromatic heterocycles. The van der Waals surface area contributed by atoms with Crippen LogP contribution in [-0.2, 0) is 25.6 Å². The number of benzene rings is 2. The third-order valence-electron chi connectivity index (χ3n) is 6.55. The summed E-state index contributed by atoms with van der Waals surface area (Å²) < 4.78 is 12.4. The minimum atomic E-state index is -0.944. The van der Waals surface area contributed by atoms with E-state index in [9.17, 15) is 19.7 Å². The van der Waals surface area contributed by atoms with Crippen molar-refractivity contribution in [2.24, 2.45) is 10.9 Å². The third-order valence-corrected chi connectivity index (χ3v) is 6.55. The minimum absolute atomic E-state index is 0.0681. The van der Waals surface area contributed by atoms with E-state index in [1.807, 2.05) is 35.0 Å². The number of aromatic nitrogens is 2. The zero-order chi connectivity index (χ0) is 29.4. The van der Waals surface area contributed by atoms with Crippen molar-refractivity contribution in [1.82, 2.24) is 9.55 Å². The number of nitrogens with zero attached hydrogens (tertiary/aromatic N) is 4. The van der Waals surface area contributed by atoms with E-state index in [1.165, 1.54) is 25.3 Å². The van der Waals surface area contributed by atoms with Crippen molar-refractivity contribution in [1.29, 1.82) is 0 Å². The number of hydrogen-bond acceptors (Lipinski definition) is 8. The molecule has 4 rings (SSSR count). The molecule has 0 amide bonds. The Labute approximate surface area is 237 Å². The Morgan fingerprint density at radius 3 is 2.63 bits per heavy atom. The van der Waals surface area contributed by atoms with E-state index >= 15 is 0 Å². The lowest BCUT2D eigenvalue weighted by atomic mass is 9.75. The maximum Gasteiger partial charge on any atom is 0.336 e. The summed E-state index contributed by atoms with van der Waals surface area (Å²) in [7, 11) is 1.24. The predicted octanol–water partition coefficient (Wildman–Crippen LogP) is 4.61. The molecule has 0 spiro atoms. The molecule has 0 aliphatic carbocycles. The van der Waals surface area contributed by atoms with Gasteiger partial charge in [-0.05, 0) is 49.3 Å². The van der Waals surface area contributed by atoms with Crippen molar-refractivity contribution in [3.05, 3.63) is 117 Å². The molecule has 2 unspecified atom stereocenters. The molecule has 2 heterocycles. The standard InChI is InChI=1S/C31H28N4O6/c1-21-27(30(36)40-3)29(25-9-7-10-26(18-25)35(38)39)28(22(2)33-21)31(37)41-17-6-4-5-8-23-11-13-24(14-12-23)19-34-16-15-32-20-34/h4,6-7,9-16,18,20,27,29H,17,19H2,1-3H3. The van der Waals surface area contributed by atoms with Gasteiger partial charge in [-0.1, -0.05) is 36.1 Å². The van der Waals surface area contributed by atoms with E-state index in [-0.39, 0.29) is 17.9 Å². The van der Waals surface area contributed by atoms with Gasteiger partial charge >= 0.3 is 11.9 Å². The maximum atomic E-state index is 13.3. The molecule has 2 aromatic carbocycles. The van der Waals surface area contributed by atoms with Crippen LogP contribution >= 0.6 is 0 Å². The second-order valence-electron chi connectivity index (χ2n) is 9.28. The summed E-state index contributed by atoms with van der Waals surface area (Å²) in [6.07, 6.45) is 8.59. The zero-order valence-corrected chi connectivity index (χ0v) is 22.8. The highest BCUT2D eigenvalue weighted by Crippen LogP contribution is 2.40. The van der Waals surface area contributed by atoms with Crippen LogP contribution in [0.5, 0.6) is 0 Å².